The predicted molar refractivity (Wildman–Crippen MR) is 94.7 cm³/mol. The van der Waals surface area contributed by atoms with Gasteiger partial charge in [-0.3, -0.25) is 4.79 Å². The molecule has 3 aromatic rings. The van der Waals surface area contributed by atoms with Crippen LogP contribution in [0.25, 0.3) is 5.78 Å². The van der Waals surface area contributed by atoms with Gasteiger partial charge in [0.05, 0.1) is 6.04 Å². The third-order valence-corrected chi connectivity index (χ3v) is 4.86. The molecule has 8 heteroatoms. The number of carbonyl (C=O) groups is 1. The summed E-state index contributed by atoms with van der Waals surface area (Å²) in [5.74, 6) is -0.449. The number of likely N-dealkylation sites (tertiary alicyclic amines) is 1. The molecule has 1 atom stereocenters. The zero-order chi connectivity index (χ0) is 19.1. The van der Waals surface area contributed by atoms with Gasteiger partial charge in [-0.2, -0.15) is 9.50 Å². The molecule has 1 aromatic carbocycles. The van der Waals surface area contributed by atoms with Crippen molar-refractivity contribution < 1.29 is 13.6 Å². The molecule has 1 aliphatic heterocycles. The van der Waals surface area contributed by atoms with Crippen molar-refractivity contribution in [3.8, 4) is 0 Å². The maximum atomic E-state index is 13.3. The topological polar surface area (TPSA) is 63.4 Å². The quantitative estimate of drug-likeness (QED) is 0.705. The van der Waals surface area contributed by atoms with Crippen LogP contribution in [0.2, 0.25) is 0 Å². The normalized spacial score (nSPS) is 17.2. The Balaban J connectivity index is 1.69. The second-order valence-corrected chi connectivity index (χ2v) is 6.84. The lowest BCUT2D eigenvalue weighted by atomic mass is 10.0. The summed E-state index contributed by atoms with van der Waals surface area (Å²) < 4.78 is 27.5. The van der Waals surface area contributed by atoms with Crippen LogP contribution in [-0.4, -0.2) is 36.9 Å². The molecule has 3 heterocycles. The molecule has 0 bridgehead atoms. The highest BCUT2D eigenvalue weighted by molar-refractivity contribution is 5.91. The van der Waals surface area contributed by atoms with E-state index in [-0.39, 0.29) is 29.2 Å². The Kier molecular flexibility index (Phi) is 4.33. The molecular weight excluding hydrogens is 352 g/mol. The number of benzene rings is 1. The zero-order valence-electron chi connectivity index (χ0n) is 15.1. The van der Waals surface area contributed by atoms with Crippen LogP contribution >= 0.6 is 0 Å². The second-order valence-electron chi connectivity index (χ2n) is 6.84. The van der Waals surface area contributed by atoms with Crippen LogP contribution in [0.4, 0.5) is 8.78 Å². The van der Waals surface area contributed by atoms with Gasteiger partial charge in [0.2, 0.25) is 5.82 Å². The first-order valence-corrected chi connectivity index (χ1v) is 8.84. The number of fused-ring (bicyclic) bond motifs is 1. The summed E-state index contributed by atoms with van der Waals surface area (Å²) in [6, 6.07) is 9.26. The number of amides is 1. The molecule has 0 unspecified atom stereocenters. The van der Waals surface area contributed by atoms with Crippen LogP contribution in [0.1, 0.15) is 58.4 Å². The number of aromatic nitrogens is 4. The van der Waals surface area contributed by atoms with Crippen molar-refractivity contribution in [3.05, 3.63) is 58.7 Å². The SMILES string of the molecule is Cc1ccc([C@H]2CCCN2C(=O)c2nc3nc(C)cc(C(F)F)n3n2)cc1. The minimum Gasteiger partial charge on any atom is -0.329 e. The number of halogens is 2. The summed E-state index contributed by atoms with van der Waals surface area (Å²) >= 11 is 0. The van der Waals surface area contributed by atoms with Gasteiger partial charge in [-0.15, -0.1) is 5.10 Å². The Bertz CT molecular complexity index is 999. The highest BCUT2D eigenvalue weighted by Crippen LogP contribution is 2.33. The van der Waals surface area contributed by atoms with E-state index >= 15 is 0 Å². The maximum Gasteiger partial charge on any atom is 0.294 e. The Hall–Kier alpha value is -2.90. The van der Waals surface area contributed by atoms with E-state index in [0.29, 0.717) is 12.2 Å². The Labute approximate surface area is 154 Å². The van der Waals surface area contributed by atoms with E-state index in [4.69, 9.17) is 0 Å². The first kappa shape index (κ1) is 17.5. The molecule has 0 N–H and O–H groups in total. The van der Waals surface area contributed by atoms with Gasteiger partial charge in [0, 0.05) is 12.2 Å². The molecule has 0 spiro atoms. The van der Waals surface area contributed by atoms with E-state index in [9.17, 15) is 13.6 Å². The summed E-state index contributed by atoms with van der Waals surface area (Å²) in [6.45, 7) is 4.20. The lowest BCUT2D eigenvalue weighted by molar-refractivity contribution is 0.0723. The number of aryl methyl sites for hydroxylation is 2. The van der Waals surface area contributed by atoms with E-state index in [1.54, 1.807) is 11.8 Å². The average molecular weight is 371 g/mol. The van der Waals surface area contributed by atoms with Crippen LogP contribution in [0.5, 0.6) is 0 Å². The van der Waals surface area contributed by atoms with Crippen LogP contribution in [-0.2, 0) is 0 Å². The zero-order valence-corrected chi connectivity index (χ0v) is 15.1. The largest absolute Gasteiger partial charge is 0.329 e. The fraction of sp³-hybridized carbons (Fsp3) is 0.368. The van der Waals surface area contributed by atoms with Crippen molar-refractivity contribution in [2.45, 2.75) is 39.2 Å². The fourth-order valence-corrected chi connectivity index (χ4v) is 3.53. The number of nitrogens with zero attached hydrogens (tertiary/aromatic N) is 5. The van der Waals surface area contributed by atoms with E-state index in [1.807, 2.05) is 31.2 Å². The number of hydrogen-bond acceptors (Lipinski definition) is 4. The van der Waals surface area contributed by atoms with Gasteiger partial charge < -0.3 is 4.90 Å². The Morgan fingerprint density at radius 3 is 2.63 bits per heavy atom. The van der Waals surface area contributed by atoms with Crippen molar-refractivity contribution in [2.75, 3.05) is 6.54 Å². The monoisotopic (exact) mass is 371 g/mol. The van der Waals surface area contributed by atoms with Crippen molar-refractivity contribution >= 4 is 11.7 Å². The summed E-state index contributed by atoms with van der Waals surface area (Å²) in [6.07, 6.45) is -1.01. The summed E-state index contributed by atoms with van der Waals surface area (Å²) in [5.41, 5.74) is 2.29. The minimum absolute atomic E-state index is 0.0136. The first-order chi connectivity index (χ1) is 12.9. The van der Waals surface area contributed by atoms with Gasteiger partial charge in [-0.1, -0.05) is 29.8 Å². The van der Waals surface area contributed by atoms with Gasteiger partial charge in [-0.05, 0) is 38.3 Å². The van der Waals surface area contributed by atoms with Gasteiger partial charge in [-0.25, -0.2) is 13.8 Å². The van der Waals surface area contributed by atoms with Gasteiger partial charge in [0.25, 0.3) is 18.1 Å². The van der Waals surface area contributed by atoms with E-state index in [1.165, 1.54) is 6.07 Å². The number of hydrogen-bond donors (Lipinski definition) is 0. The van der Waals surface area contributed by atoms with E-state index in [2.05, 4.69) is 15.1 Å². The molecule has 2 aromatic heterocycles. The fourth-order valence-electron chi connectivity index (χ4n) is 3.53. The molecule has 1 fully saturated rings. The standard InChI is InChI=1S/C19H19F2N5O/c1-11-5-7-13(8-6-11)14-4-3-9-25(14)18(27)17-23-19-22-12(2)10-15(16(20)21)26(19)24-17/h5-8,10,14,16H,3-4,9H2,1-2H3/t14-/m1/s1. The van der Waals surface area contributed by atoms with Crippen molar-refractivity contribution in [1.82, 2.24) is 24.5 Å². The highest BCUT2D eigenvalue weighted by Gasteiger charge is 2.33. The molecule has 0 saturated carbocycles. The number of carbonyl (C=O) groups excluding carboxylic acids is 1. The maximum absolute atomic E-state index is 13.3. The molecular formula is C19H19F2N5O. The van der Waals surface area contributed by atoms with Crippen molar-refractivity contribution in [1.29, 1.82) is 0 Å². The third kappa shape index (κ3) is 3.15. The second kappa shape index (κ2) is 6.68. The molecule has 0 aliphatic carbocycles. The van der Waals surface area contributed by atoms with Crippen LogP contribution < -0.4 is 0 Å². The molecule has 1 amide bonds. The van der Waals surface area contributed by atoms with Crippen molar-refractivity contribution in [2.24, 2.45) is 0 Å². The molecule has 1 aliphatic rings. The molecule has 1 saturated heterocycles. The van der Waals surface area contributed by atoms with Crippen LogP contribution in [0.15, 0.2) is 30.3 Å². The number of rotatable bonds is 3. The van der Waals surface area contributed by atoms with Crippen LogP contribution in [0, 0.1) is 13.8 Å². The minimum atomic E-state index is -2.73. The van der Waals surface area contributed by atoms with Crippen LogP contribution in [0.3, 0.4) is 0 Å². The molecule has 6 nitrogen and oxygen atoms in total. The molecule has 27 heavy (non-hydrogen) atoms. The third-order valence-electron chi connectivity index (χ3n) is 4.86. The molecule has 0 radical (unpaired) electrons. The van der Waals surface area contributed by atoms with Gasteiger partial charge >= 0.3 is 0 Å². The first-order valence-electron chi connectivity index (χ1n) is 8.84. The summed E-state index contributed by atoms with van der Waals surface area (Å²) in [4.78, 5) is 23.0. The highest BCUT2D eigenvalue weighted by atomic mass is 19.3. The average Bonchev–Trinajstić information content (AvgIpc) is 3.27. The predicted octanol–water partition coefficient (Wildman–Crippen LogP) is 3.66. The lowest BCUT2D eigenvalue weighted by Crippen LogP contribution is -2.31. The van der Waals surface area contributed by atoms with E-state index in [0.717, 1.165) is 28.5 Å². The summed E-state index contributed by atoms with van der Waals surface area (Å²) in [5, 5.41) is 4.03. The lowest BCUT2D eigenvalue weighted by Gasteiger charge is -2.24. The Morgan fingerprint density at radius 2 is 1.93 bits per heavy atom. The van der Waals surface area contributed by atoms with Gasteiger partial charge in [0.15, 0.2) is 0 Å². The summed E-state index contributed by atoms with van der Waals surface area (Å²) in [7, 11) is 0. The Morgan fingerprint density at radius 1 is 1.19 bits per heavy atom. The smallest absolute Gasteiger partial charge is 0.294 e. The molecule has 140 valence electrons. The van der Waals surface area contributed by atoms with Gasteiger partial charge in [0.1, 0.15) is 5.69 Å². The van der Waals surface area contributed by atoms with E-state index < -0.39 is 6.43 Å². The van der Waals surface area contributed by atoms with Crippen molar-refractivity contribution in [3.63, 3.8) is 0 Å². The number of alkyl halides is 2. The molecule has 4 rings (SSSR count).